The number of nitrogens with one attached hydrogen (secondary N) is 1. The molecule has 0 amide bonds. The maximum absolute atomic E-state index is 4.76. The second kappa shape index (κ2) is 12.3. The van der Waals surface area contributed by atoms with E-state index in [2.05, 4.69) is 45.5 Å². The van der Waals surface area contributed by atoms with E-state index in [0.717, 1.165) is 69.5 Å². The first kappa shape index (κ1) is 21.9. The summed E-state index contributed by atoms with van der Waals surface area (Å²) < 4.78 is 2.31. The number of hydrogen-bond donors (Lipinski definition) is 1. The first-order chi connectivity index (χ1) is 11.8. The van der Waals surface area contributed by atoms with Crippen LogP contribution in [0, 0.1) is 0 Å². The van der Waals surface area contributed by atoms with Crippen LogP contribution in [0.25, 0.3) is 0 Å². The number of unbranched alkanes of at least 4 members (excludes halogenated alkanes) is 1. The van der Waals surface area contributed by atoms with E-state index in [9.17, 15) is 0 Å². The Morgan fingerprint density at radius 1 is 1.36 bits per heavy atom. The Kier molecular flexibility index (Phi) is 10.8. The molecule has 0 aromatic carbocycles. The van der Waals surface area contributed by atoms with Gasteiger partial charge in [0.1, 0.15) is 11.6 Å². The molecule has 0 atom stereocenters. The molecule has 0 aliphatic carbocycles. The van der Waals surface area contributed by atoms with Crippen LogP contribution in [0.5, 0.6) is 0 Å². The number of aliphatic imine (C=N–C) groups is 1. The summed E-state index contributed by atoms with van der Waals surface area (Å²) in [5.41, 5.74) is 0. The fourth-order valence-corrected chi connectivity index (χ4v) is 3.04. The van der Waals surface area contributed by atoms with E-state index in [4.69, 9.17) is 4.99 Å². The minimum absolute atomic E-state index is 0. The molecule has 0 saturated carbocycles. The molecule has 0 saturated heterocycles. The highest BCUT2D eigenvalue weighted by Crippen LogP contribution is 2.14. The average molecular weight is 460 g/mol. The van der Waals surface area contributed by atoms with Gasteiger partial charge in [-0.1, -0.05) is 12.5 Å². The van der Waals surface area contributed by atoms with Crippen LogP contribution in [0.15, 0.2) is 17.6 Å². The van der Waals surface area contributed by atoms with Gasteiger partial charge in [-0.3, -0.25) is 4.99 Å². The van der Waals surface area contributed by atoms with Gasteiger partial charge in [0, 0.05) is 46.1 Å². The number of nitrogens with zero attached hydrogens (tertiary/aromatic N) is 5. The topological polar surface area (TPSA) is 58.3 Å². The van der Waals surface area contributed by atoms with Crippen molar-refractivity contribution < 1.29 is 0 Å². The van der Waals surface area contributed by atoms with Gasteiger partial charge in [-0.2, -0.15) is 0 Å². The molecule has 0 radical (unpaired) electrons. The summed E-state index contributed by atoms with van der Waals surface area (Å²) in [4.78, 5) is 6.96. The highest BCUT2D eigenvalue weighted by atomic mass is 127. The van der Waals surface area contributed by atoms with Gasteiger partial charge >= 0.3 is 0 Å². The fourth-order valence-electron chi connectivity index (χ4n) is 3.04. The molecular weight excluding hydrogens is 427 g/mol. The average Bonchev–Trinajstić information content (AvgIpc) is 2.81. The predicted molar refractivity (Wildman–Crippen MR) is 115 cm³/mol. The second-order valence-corrected chi connectivity index (χ2v) is 6.33. The molecular formula is C18H33IN6. The molecule has 1 aromatic heterocycles. The van der Waals surface area contributed by atoms with Crippen molar-refractivity contribution in [2.45, 2.75) is 58.4 Å². The van der Waals surface area contributed by atoms with Gasteiger partial charge in [-0.15, -0.1) is 40.8 Å². The third-order valence-electron chi connectivity index (χ3n) is 4.38. The largest absolute Gasteiger partial charge is 0.357 e. The van der Waals surface area contributed by atoms with Crippen LogP contribution < -0.4 is 5.32 Å². The summed E-state index contributed by atoms with van der Waals surface area (Å²) in [6.07, 6.45) is 9.77. The van der Waals surface area contributed by atoms with E-state index in [-0.39, 0.29) is 24.0 Å². The van der Waals surface area contributed by atoms with E-state index >= 15 is 0 Å². The monoisotopic (exact) mass is 460 g/mol. The zero-order valence-electron chi connectivity index (χ0n) is 15.7. The van der Waals surface area contributed by atoms with Crippen LogP contribution >= 0.6 is 24.0 Å². The number of aromatic nitrogens is 3. The maximum Gasteiger partial charge on any atom is 0.193 e. The highest BCUT2D eigenvalue weighted by Gasteiger charge is 2.14. The lowest BCUT2D eigenvalue weighted by Crippen LogP contribution is -2.39. The first-order valence-electron chi connectivity index (χ1n) is 9.27. The molecule has 0 unspecified atom stereocenters. The van der Waals surface area contributed by atoms with Crippen LogP contribution in [0.2, 0.25) is 0 Å². The molecule has 1 aliphatic rings. The van der Waals surface area contributed by atoms with Gasteiger partial charge in [0.15, 0.2) is 5.96 Å². The quantitative estimate of drug-likeness (QED) is 0.213. The summed E-state index contributed by atoms with van der Waals surface area (Å²) in [6.45, 7) is 9.55. The summed E-state index contributed by atoms with van der Waals surface area (Å²) in [7, 11) is 2.09. The molecule has 1 aromatic rings. The van der Waals surface area contributed by atoms with Crippen LogP contribution in [0.1, 0.15) is 50.7 Å². The number of guanidine groups is 1. The van der Waals surface area contributed by atoms with Crippen molar-refractivity contribution in [2.24, 2.45) is 4.99 Å². The summed E-state index contributed by atoms with van der Waals surface area (Å²) in [6, 6.07) is 0. The van der Waals surface area contributed by atoms with E-state index in [1.807, 2.05) is 6.08 Å². The highest BCUT2D eigenvalue weighted by molar-refractivity contribution is 14.0. The third kappa shape index (κ3) is 6.95. The van der Waals surface area contributed by atoms with E-state index in [1.54, 1.807) is 0 Å². The SMILES string of the molecule is C=CCCCN(C)C(=NCCc1nnc2n1CCCCC2)NCC.I. The lowest BCUT2D eigenvalue weighted by molar-refractivity contribution is 0.470. The molecule has 1 aliphatic heterocycles. The number of allylic oxidation sites excluding steroid dienone is 1. The van der Waals surface area contributed by atoms with Crippen molar-refractivity contribution in [3.63, 3.8) is 0 Å². The fraction of sp³-hybridized carbons (Fsp3) is 0.722. The Morgan fingerprint density at radius 3 is 2.96 bits per heavy atom. The molecule has 7 heteroatoms. The number of aryl methyl sites for hydroxylation is 1. The van der Waals surface area contributed by atoms with Crippen molar-refractivity contribution in [2.75, 3.05) is 26.7 Å². The molecule has 0 bridgehead atoms. The molecule has 142 valence electrons. The lowest BCUT2D eigenvalue weighted by Gasteiger charge is -2.21. The number of fused-ring (bicyclic) bond motifs is 1. The van der Waals surface area contributed by atoms with Gasteiger partial charge in [-0.05, 0) is 32.6 Å². The van der Waals surface area contributed by atoms with E-state index in [0.29, 0.717) is 0 Å². The molecule has 0 spiro atoms. The zero-order chi connectivity index (χ0) is 17.2. The van der Waals surface area contributed by atoms with Crippen molar-refractivity contribution >= 4 is 29.9 Å². The van der Waals surface area contributed by atoms with Crippen molar-refractivity contribution in [3.8, 4) is 0 Å². The summed E-state index contributed by atoms with van der Waals surface area (Å²) in [5.74, 6) is 3.21. The third-order valence-corrected chi connectivity index (χ3v) is 4.38. The first-order valence-corrected chi connectivity index (χ1v) is 9.27. The smallest absolute Gasteiger partial charge is 0.193 e. The standard InChI is InChI=1S/C18H32N6.HI/c1-4-6-9-14-23(3)18(19-5-2)20-13-12-17-22-21-16-11-8-7-10-15-24(16)17;/h4H,1,5-15H2,2-3H3,(H,19,20);1H. The van der Waals surface area contributed by atoms with Crippen LogP contribution in [-0.4, -0.2) is 52.3 Å². The minimum Gasteiger partial charge on any atom is -0.357 e. The number of hydrogen-bond acceptors (Lipinski definition) is 3. The van der Waals surface area contributed by atoms with Crippen LogP contribution in [-0.2, 0) is 19.4 Å². The van der Waals surface area contributed by atoms with Crippen LogP contribution in [0.4, 0.5) is 0 Å². The summed E-state index contributed by atoms with van der Waals surface area (Å²) >= 11 is 0. The molecule has 0 fully saturated rings. The van der Waals surface area contributed by atoms with Gasteiger partial charge in [0.2, 0.25) is 0 Å². The number of halogens is 1. The Balaban J connectivity index is 0.00000312. The Bertz CT molecular complexity index is 540. The Hall–Kier alpha value is -1.12. The van der Waals surface area contributed by atoms with Crippen LogP contribution in [0.3, 0.4) is 0 Å². The number of rotatable bonds is 8. The van der Waals surface area contributed by atoms with Gasteiger partial charge in [0.25, 0.3) is 0 Å². The summed E-state index contributed by atoms with van der Waals surface area (Å²) in [5, 5.41) is 12.1. The molecule has 2 heterocycles. The van der Waals surface area contributed by atoms with Gasteiger partial charge < -0.3 is 14.8 Å². The maximum atomic E-state index is 4.76. The zero-order valence-corrected chi connectivity index (χ0v) is 18.0. The minimum atomic E-state index is 0. The molecule has 2 rings (SSSR count). The Labute approximate surface area is 169 Å². The molecule has 1 N–H and O–H groups in total. The van der Waals surface area contributed by atoms with E-state index in [1.165, 1.54) is 19.3 Å². The van der Waals surface area contributed by atoms with Crippen molar-refractivity contribution in [1.82, 2.24) is 25.0 Å². The van der Waals surface area contributed by atoms with Crippen molar-refractivity contribution in [1.29, 1.82) is 0 Å². The molecule has 6 nitrogen and oxygen atoms in total. The normalized spacial score (nSPS) is 14.2. The van der Waals surface area contributed by atoms with Gasteiger partial charge in [-0.25, -0.2) is 0 Å². The van der Waals surface area contributed by atoms with Crippen molar-refractivity contribution in [3.05, 3.63) is 24.3 Å². The molecule has 25 heavy (non-hydrogen) atoms. The van der Waals surface area contributed by atoms with E-state index < -0.39 is 0 Å². The second-order valence-electron chi connectivity index (χ2n) is 6.33. The van der Waals surface area contributed by atoms with Gasteiger partial charge in [0.05, 0.1) is 0 Å². The lowest BCUT2D eigenvalue weighted by atomic mass is 10.2. The predicted octanol–water partition coefficient (Wildman–Crippen LogP) is 3.03. The Morgan fingerprint density at radius 2 is 2.20 bits per heavy atom.